The Balaban J connectivity index is 2.09. The van der Waals surface area contributed by atoms with Gasteiger partial charge in [-0.05, 0) is 18.2 Å². The number of aromatic amines is 1. The summed E-state index contributed by atoms with van der Waals surface area (Å²) in [6, 6.07) is 4.58. The Morgan fingerprint density at radius 3 is 2.48 bits per heavy atom. The molecule has 3 nitrogen and oxygen atoms in total. The second-order valence-corrected chi connectivity index (χ2v) is 4.75. The molecule has 0 amide bonds. The maximum Gasteiger partial charge on any atom is 0.433 e. The molecule has 23 heavy (non-hydrogen) atoms. The third-order valence-corrected chi connectivity index (χ3v) is 3.24. The molecule has 0 aliphatic rings. The van der Waals surface area contributed by atoms with E-state index in [9.17, 15) is 26.7 Å². The first-order chi connectivity index (χ1) is 10.8. The van der Waals surface area contributed by atoms with Crippen LogP contribution in [0.25, 0.3) is 10.9 Å². The summed E-state index contributed by atoms with van der Waals surface area (Å²) < 4.78 is 64.4. The van der Waals surface area contributed by atoms with Crippen molar-refractivity contribution in [3.05, 3.63) is 65.1 Å². The van der Waals surface area contributed by atoms with Crippen LogP contribution in [0.4, 0.5) is 22.0 Å². The molecule has 118 valence electrons. The van der Waals surface area contributed by atoms with Gasteiger partial charge >= 0.3 is 6.18 Å². The Hall–Kier alpha value is -2.77. The molecule has 0 saturated carbocycles. The molecule has 0 fully saturated rings. The first-order valence-electron chi connectivity index (χ1n) is 6.32. The lowest BCUT2D eigenvalue weighted by Gasteiger charge is -2.06. The lowest BCUT2D eigenvalue weighted by molar-refractivity contribution is -0.141. The molecule has 1 aromatic carbocycles. The lowest BCUT2D eigenvalue weighted by atomic mass is 10.1. The topological polar surface area (TPSA) is 45.8 Å². The van der Waals surface area contributed by atoms with E-state index in [-0.39, 0.29) is 16.5 Å². The Kier molecular flexibility index (Phi) is 3.39. The van der Waals surface area contributed by atoms with Gasteiger partial charge in [0.25, 0.3) is 0 Å². The van der Waals surface area contributed by atoms with Gasteiger partial charge in [-0.1, -0.05) is 6.07 Å². The summed E-state index contributed by atoms with van der Waals surface area (Å²) in [5.74, 6) is -3.09. The van der Waals surface area contributed by atoms with Crippen molar-refractivity contribution in [3.63, 3.8) is 0 Å². The van der Waals surface area contributed by atoms with E-state index in [1.54, 1.807) is 0 Å². The van der Waals surface area contributed by atoms with Gasteiger partial charge in [0.2, 0.25) is 5.78 Å². The van der Waals surface area contributed by atoms with Gasteiger partial charge in [0.1, 0.15) is 11.4 Å². The number of rotatable bonds is 2. The Labute approximate surface area is 125 Å². The maximum absolute atomic E-state index is 13.3. The average molecular weight is 326 g/mol. The first kappa shape index (κ1) is 15.1. The van der Waals surface area contributed by atoms with Crippen LogP contribution < -0.4 is 0 Å². The molecule has 0 aliphatic heterocycles. The summed E-state index contributed by atoms with van der Waals surface area (Å²) in [5, 5.41) is 0.0631. The molecule has 0 saturated heterocycles. The largest absolute Gasteiger partial charge is 0.433 e. The number of carbonyl (C=O) groups excluding carboxylic acids is 1. The smallest absolute Gasteiger partial charge is 0.360 e. The van der Waals surface area contributed by atoms with Crippen LogP contribution in [0.15, 0.2) is 36.5 Å². The van der Waals surface area contributed by atoms with Crippen LogP contribution in [0.3, 0.4) is 0 Å². The third-order valence-electron chi connectivity index (χ3n) is 3.24. The number of nitrogens with zero attached hydrogens (tertiary/aromatic N) is 1. The van der Waals surface area contributed by atoms with Crippen molar-refractivity contribution in [1.29, 1.82) is 0 Å². The zero-order valence-corrected chi connectivity index (χ0v) is 11.2. The van der Waals surface area contributed by atoms with Crippen molar-refractivity contribution < 1.29 is 26.7 Å². The molecule has 2 heterocycles. The zero-order chi connectivity index (χ0) is 16.8. The molecule has 3 aromatic rings. The number of pyridine rings is 1. The monoisotopic (exact) mass is 326 g/mol. The summed E-state index contributed by atoms with van der Waals surface area (Å²) in [6.45, 7) is 0. The Morgan fingerprint density at radius 2 is 1.78 bits per heavy atom. The third kappa shape index (κ3) is 2.67. The Morgan fingerprint density at radius 1 is 1.09 bits per heavy atom. The van der Waals surface area contributed by atoms with Gasteiger partial charge in [-0.25, -0.2) is 13.8 Å². The highest BCUT2D eigenvalue weighted by molar-refractivity contribution is 6.15. The number of alkyl halides is 3. The van der Waals surface area contributed by atoms with Crippen molar-refractivity contribution in [2.24, 2.45) is 0 Å². The normalized spacial score (nSPS) is 11.9. The molecular weight excluding hydrogens is 319 g/mol. The van der Waals surface area contributed by atoms with E-state index in [0.29, 0.717) is 0 Å². The van der Waals surface area contributed by atoms with Crippen molar-refractivity contribution >= 4 is 16.7 Å². The van der Waals surface area contributed by atoms with E-state index in [0.717, 1.165) is 30.3 Å². The molecule has 0 spiro atoms. The van der Waals surface area contributed by atoms with E-state index in [2.05, 4.69) is 9.97 Å². The van der Waals surface area contributed by atoms with Crippen LogP contribution in [0.5, 0.6) is 0 Å². The average Bonchev–Trinajstić information content (AvgIpc) is 2.89. The first-order valence-corrected chi connectivity index (χ1v) is 6.32. The summed E-state index contributed by atoms with van der Waals surface area (Å²) in [7, 11) is 0. The predicted molar refractivity (Wildman–Crippen MR) is 70.9 cm³/mol. The fourth-order valence-electron chi connectivity index (χ4n) is 2.16. The van der Waals surface area contributed by atoms with Crippen LogP contribution >= 0.6 is 0 Å². The van der Waals surface area contributed by atoms with Crippen molar-refractivity contribution in [2.45, 2.75) is 6.18 Å². The van der Waals surface area contributed by atoms with E-state index in [1.807, 2.05) is 0 Å². The van der Waals surface area contributed by atoms with Gasteiger partial charge in [-0.2, -0.15) is 13.2 Å². The molecule has 2 aromatic heterocycles. The number of aromatic nitrogens is 2. The summed E-state index contributed by atoms with van der Waals surface area (Å²) in [5.41, 5.74) is -1.59. The highest BCUT2D eigenvalue weighted by Crippen LogP contribution is 2.28. The highest BCUT2D eigenvalue weighted by Gasteiger charge is 2.33. The minimum Gasteiger partial charge on any atom is -0.360 e. The zero-order valence-electron chi connectivity index (χ0n) is 11.2. The number of hydrogen-bond acceptors (Lipinski definition) is 2. The maximum atomic E-state index is 13.3. The van der Waals surface area contributed by atoms with Crippen LogP contribution in [-0.2, 0) is 6.18 Å². The summed E-state index contributed by atoms with van der Waals surface area (Å²) in [6.07, 6.45) is -3.51. The quantitative estimate of drug-likeness (QED) is 0.569. The lowest BCUT2D eigenvalue weighted by Crippen LogP contribution is -2.12. The second-order valence-electron chi connectivity index (χ2n) is 4.75. The fourth-order valence-corrected chi connectivity index (χ4v) is 2.16. The number of nitrogens with one attached hydrogen (secondary N) is 1. The van der Waals surface area contributed by atoms with E-state index in [1.165, 1.54) is 6.20 Å². The minimum atomic E-state index is -4.69. The standard InChI is InChI=1S/C15H7F5N2O/c16-9-4-7-8(6-21-12(7)5-10(9)17)14(23)11-2-1-3-13(22-11)15(18,19)20/h1-6,21H. The van der Waals surface area contributed by atoms with Gasteiger partial charge in [0, 0.05) is 28.7 Å². The molecule has 8 heteroatoms. The molecule has 0 unspecified atom stereocenters. The number of ketones is 1. The molecule has 3 rings (SSSR count). The number of halogens is 5. The summed E-state index contributed by atoms with van der Waals surface area (Å²) in [4.78, 5) is 18.2. The van der Waals surface area contributed by atoms with Gasteiger partial charge in [0.15, 0.2) is 11.6 Å². The molecule has 0 atom stereocenters. The van der Waals surface area contributed by atoms with Crippen molar-refractivity contribution in [3.8, 4) is 0 Å². The van der Waals surface area contributed by atoms with Crippen LogP contribution in [0, 0.1) is 11.6 Å². The van der Waals surface area contributed by atoms with E-state index < -0.39 is 35.0 Å². The van der Waals surface area contributed by atoms with Crippen LogP contribution in [-0.4, -0.2) is 15.8 Å². The number of hydrogen-bond donors (Lipinski definition) is 1. The fraction of sp³-hybridized carbons (Fsp3) is 0.0667. The SMILES string of the molecule is O=C(c1cccc(C(F)(F)F)n1)c1c[nH]c2cc(F)c(F)cc12. The number of fused-ring (bicyclic) bond motifs is 1. The van der Waals surface area contributed by atoms with Crippen molar-refractivity contribution in [1.82, 2.24) is 9.97 Å². The summed E-state index contributed by atoms with van der Waals surface area (Å²) >= 11 is 0. The van der Waals surface area contributed by atoms with Crippen LogP contribution in [0.1, 0.15) is 21.7 Å². The molecule has 0 radical (unpaired) electrons. The number of carbonyl (C=O) groups is 1. The van der Waals surface area contributed by atoms with Gasteiger partial charge in [-0.3, -0.25) is 4.79 Å². The Bertz CT molecular complexity index is 914. The minimum absolute atomic E-state index is 0.0631. The molecule has 0 aliphatic carbocycles. The van der Waals surface area contributed by atoms with Gasteiger partial charge in [-0.15, -0.1) is 0 Å². The van der Waals surface area contributed by atoms with Gasteiger partial charge < -0.3 is 4.98 Å². The number of benzene rings is 1. The molecule has 1 N–H and O–H groups in total. The van der Waals surface area contributed by atoms with Crippen molar-refractivity contribution in [2.75, 3.05) is 0 Å². The number of H-pyrrole nitrogens is 1. The predicted octanol–water partition coefficient (Wildman–Crippen LogP) is 4.09. The van der Waals surface area contributed by atoms with Gasteiger partial charge in [0.05, 0.1) is 0 Å². The molecule has 0 bridgehead atoms. The highest BCUT2D eigenvalue weighted by atomic mass is 19.4. The van der Waals surface area contributed by atoms with E-state index in [4.69, 9.17) is 0 Å². The second kappa shape index (κ2) is 5.15. The molecular formula is C15H7F5N2O. The van der Waals surface area contributed by atoms with E-state index >= 15 is 0 Å². The van der Waals surface area contributed by atoms with Crippen LogP contribution in [0.2, 0.25) is 0 Å².